The standard InChI is InChI=1S/C16H15Br2ClN2O/c1-3-11-13(18)14(20)12(17)8(2)15(11)21-16(22)9-5-4-6-10(19)7-9/h4-7H,3,20H2,1-2H3,(H,21,22). The van der Waals surface area contributed by atoms with Crippen molar-refractivity contribution in [2.75, 3.05) is 11.1 Å². The molecule has 2 rings (SSSR count). The summed E-state index contributed by atoms with van der Waals surface area (Å²) in [6, 6.07) is 6.85. The van der Waals surface area contributed by atoms with Gasteiger partial charge in [0, 0.05) is 25.2 Å². The average Bonchev–Trinajstić information content (AvgIpc) is 2.50. The first-order chi connectivity index (χ1) is 10.4. The number of benzene rings is 2. The fourth-order valence-corrected chi connectivity index (χ4v) is 3.75. The third kappa shape index (κ3) is 3.31. The van der Waals surface area contributed by atoms with Crippen LogP contribution in [0.3, 0.4) is 0 Å². The van der Waals surface area contributed by atoms with E-state index in [1.54, 1.807) is 24.3 Å². The SMILES string of the molecule is CCc1c(Br)c(N)c(Br)c(C)c1NC(=O)c1cccc(Cl)c1. The molecule has 0 aromatic heterocycles. The second-order valence-electron chi connectivity index (χ2n) is 4.84. The molecule has 0 fully saturated rings. The number of nitrogens with one attached hydrogen (secondary N) is 1. The number of rotatable bonds is 3. The molecule has 0 aliphatic rings. The van der Waals surface area contributed by atoms with Crippen LogP contribution in [0, 0.1) is 6.92 Å². The van der Waals surface area contributed by atoms with Crippen LogP contribution in [0.2, 0.25) is 5.02 Å². The second-order valence-corrected chi connectivity index (χ2v) is 6.86. The number of anilines is 2. The van der Waals surface area contributed by atoms with E-state index in [1.165, 1.54) is 0 Å². The van der Waals surface area contributed by atoms with Crippen LogP contribution in [0.25, 0.3) is 0 Å². The van der Waals surface area contributed by atoms with E-state index in [9.17, 15) is 4.79 Å². The highest BCUT2D eigenvalue weighted by atomic mass is 79.9. The van der Waals surface area contributed by atoms with Gasteiger partial charge in [-0.15, -0.1) is 0 Å². The van der Waals surface area contributed by atoms with Gasteiger partial charge in [0.25, 0.3) is 5.91 Å². The van der Waals surface area contributed by atoms with Crippen LogP contribution in [-0.4, -0.2) is 5.91 Å². The summed E-state index contributed by atoms with van der Waals surface area (Å²) in [5.41, 5.74) is 9.84. The number of nitrogen functional groups attached to an aromatic ring is 1. The predicted octanol–water partition coefficient (Wildman–Crippen LogP) is 5.57. The van der Waals surface area contributed by atoms with Crippen LogP contribution in [0.1, 0.15) is 28.4 Å². The van der Waals surface area contributed by atoms with E-state index >= 15 is 0 Å². The highest BCUT2D eigenvalue weighted by Crippen LogP contribution is 2.40. The topological polar surface area (TPSA) is 55.1 Å². The summed E-state index contributed by atoms with van der Waals surface area (Å²) in [5.74, 6) is -0.205. The van der Waals surface area contributed by atoms with E-state index in [-0.39, 0.29) is 5.91 Å². The summed E-state index contributed by atoms with van der Waals surface area (Å²) >= 11 is 12.9. The maximum Gasteiger partial charge on any atom is 0.255 e. The van der Waals surface area contributed by atoms with Crippen LogP contribution in [0.4, 0.5) is 11.4 Å². The maximum absolute atomic E-state index is 12.5. The smallest absolute Gasteiger partial charge is 0.255 e. The van der Waals surface area contributed by atoms with Crippen molar-refractivity contribution in [1.82, 2.24) is 0 Å². The lowest BCUT2D eigenvalue weighted by molar-refractivity contribution is 0.102. The van der Waals surface area contributed by atoms with E-state index in [1.807, 2.05) is 13.8 Å². The molecule has 0 heterocycles. The molecule has 0 radical (unpaired) electrons. The van der Waals surface area contributed by atoms with Crippen LogP contribution in [0.15, 0.2) is 33.2 Å². The molecule has 0 aliphatic carbocycles. The van der Waals surface area contributed by atoms with Crippen molar-refractivity contribution >= 4 is 60.7 Å². The van der Waals surface area contributed by atoms with Gasteiger partial charge in [0.1, 0.15) is 0 Å². The van der Waals surface area contributed by atoms with Gasteiger partial charge in [0.2, 0.25) is 0 Å². The molecule has 1 amide bonds. The molecule has 6 heteroatoms. The fourth-order valence-electron chi connectivity index (χ4n) is 2.22. The number of hydrogen-bond acceptors (Lipinski definition) is 2. The van der Waals surface area contributed by atoms with Gasteiger partial charge in [-0.3, -0.25) is 4.79 Å². The summed E-state index contributed by atoms with van der Waals surface area (Å²) in [7, 11) is 0. The zero-order valence-electron chi connectivity index (χ0n) is 12.1. The molecule has 22 heavy (non-hydrogen) atoms. The zero-order valence-corrected chi connectivity index (χ0v) is 16.1. The van der Waals surface area contributed by atoms with Crippen LogP contribution in [-0.2, 0) is 6.42 Å². The Hall–Kier alpha value is -1.04. The molecule has 3 nitrogen and oxygen atoms in total. The lowest BCUT2D eigenvalue weighted by atomic mass is 10.0. The molecule has 0 spiro atoms. The van der Waals surface area contributed by atoms with Crippen molar-refractivity contribution in [2.45, 2.75) is 20.3 Å². The minimum absolute atomic E-state index is 0.205. The Morgan fingerprint density at radius 2 is 2.00 bits per heavy atom. The molecular formula is C16H15Br2ClN2O. The molecule has 0 saturated heterocycles. The lowest BCUT2D eigenvalue weighted by Gasteiger charge is -2.18. The van der Waals surface area contributed by atoms with Gasteiger partial charge in [-0.05, 0) is 74.5 Å². The largest absolute Gasteiger partial charge is 0.397 e. The molecule has 0 aliphatic heterocycles. The minimum atomic E-state index is -0.205. The molecule has 0 saturated carbocycles. The molecule has 2 aromatic carbocycles. The van der Waals surface area contributed by atoms with Crippen molar-refractivity contribution in [2.24, 2.45) is 0 Å². The van der Waals surface area contributed by atoms with E-state index < -0.39 is 0 Å². The summed E-state index contributed by atoms with van der Waals surface area (Å²) in [6.07, 6.45) is 0.740. The quantitative estimate of drug-likeness (QED) is 0.606. The third-order valence-electron chi connectivity index (χ3n) is 3.42. The van der Waals surface area contributed by atoms with E-state index in [4.69, 9.17) is 17.3 Å². The number of carbonyl (C=O) groups excluding carboxylic acids is 1. The molecule has 2 aromatic rings. The number of nitrogens with two attached hydrogens (primary N) is 1. The molecule has 3 N–H and O–H groups in total. The first kappa shape index (κ1) is 17.3. The van der Waals surface area contributed by atoms with Gasteiger partial charge in [-0.2, -0.15) is 0 Å². The van der Waals surface area contributed by atoms with Crippen LogP contribution in [0.5, 0.6) is 0 Å². The van der Waals surface area contributed by atoms with Gasteiger partial charge in [-0.25, -0.2) is 0 Å². The van der Waals surface area contributed by atoms with Gasteiger partial charge < -0.3 is 11.1 Å². The Balaban J connectivity index is 2.47. The van der Waals surface area contributed by atoms with Crippen molar-refractivity contribution in [3.63, 3.8) is 0 Å². The van der Waals surface area contributed by atoms with Gasteiger partial charge in [-0.1, -0.05) is 24.6 Å². The zero-order chi connectivity index (χ0) is 16.4. The summed E-state index contributed by atoms with van der Waals surface area (Å²) in [6.45, 7) is 3.93. The lowest BCUT2D eigenvalue weighted by Crippen LogP contribution is -2.15. The van der Waals surface area contributed by atoms with Crippen molar-refractivity contribution < 1.29 is 4.79 Å². The Bertz CT molecular complexity index is 747. The third-order valence-corrected chi connectivity index (χ3v) is 5.59. The number of carbonyl (C=O) groups is 1. The maximum atomic E-state index is 12.5. The van der Waals surface area contributed by atoms with Gasteiger partial charge in [0.15, 0.2) is 0 Å². The van der Waals surface area contributed by atoms with Gasteiger partial charge >= 0.3 is 0 Å². The number of hydrogen-bond donors (Lipinski definition) is 2. The highest BCUT2D eigenvalue weighted by Gasteiger charge is 2.18. The monoisotopic (exact) mass is 444 g/mol. The Kier molecular flexibility index (Phi) is 5.53. The molecule has 116 valence electrons. The van der Waals surface area contributed by atoms with Crippen LogP contribution < -0.4 is 11.1 Å². The van der Waals surface area contributed by atoms with Crippen molar-refractivity contribution in [3.05, 3.63) is 54.9 Å². The Labute approximate surface area is 151 Å². The summed E-state index contributed by atoms with van der Waals surface area (Å²) < 4.78 is 1.58. The van der Waals surface area contributed by atoms with Crippen molar-refractivity contribution in [3.8, 4) is 0 Å². The van der Waals surface area contributed by atoms with E-state index in [2.05, 4.69) is 37.2 Å². The molecule has 0 atom stereocenters. The highest BCUT2D eigenvalue weighted by molar-refractivity contribution is 9.11. The molecular weight excluding hydrogens is 431 g/mol. The first-order valence-corrected chi connectivity index (χ1v) is 8.66. The van der Waals surface area contributed by atoms with E-state index in [0.29, 0.717) is 16.3 Å². The predicted molar refractivity (Wildman–Crippen MR) is 99.8 cm³/mol. The fraction of sp³-hybridized carbons (Fsp3) is 0.188. The first-order valence-electron chi connectivity index (χ1n) is 6.69. The summed E-state index contributed by atoms with van der Waals surface area (Å²) in [5, 5.41) is 3.50. The van der Waals surface area contributed by atoms with Gasteiger partial charge in [0.05, 0.1) is 5.69 Å². The Morgan fingerprint density at radius 1 is 1.32 bits per heavy atom. The summed E-state index contributed by atoms with van der Waals surface area (Å²) in [4.78, 5) is 12.5. The normalized spacial score (nSPS) is 10.6. The second kappa shape index (κ2) is 7.02. The van der Waals surface area contributed by atoms with E-state index in [0.717, 1.165) is 32.2 Å². The van der Waals surface area contributed by atoms with Crippen LogP contribution >= 0.6 is 43.5 Å². The Morgan fingerprint density at radius 3 is 2.59 bits per heavy atom. The minimum Gasteiger partial charge on any atom is -0.397 e. The number of halogens is 3. The number of amides is 1. The average molecular weight is 447 g/mol. The van der Waals surface area contributed by atoms with Crippen molar-refractivity contribution in [1.29, 1.82) is 0 Å². The molecule has 0 unspecified atom stereocenters. The molecule has 0 bridgehead atoms.